The molecule has 0 unspecified atom stereocenters. The van der Waals surface area contributed by atoms with Crippen LogP contribution in [0.25, 0.3) is 22.2 Å². The van der Waals surface area contributed by atoms with Crippen molar-refractivity contribution >= 4 is 10.9 Å². The normalized spacial score (nSPS) is 29.1. The molecule has 0 aliphatic heterocycles. The molecular weight excluding hydrogens is 390 g/mol. The summed E-state index contributed by atoms with van der Waals surface area (Å²) >= 11 is 0. The Bertz CT molecular complexity index is 1270. The Morgan fingerprint density at radius 3 is 2.03 bits per heavy atom. The molecule has 0 spiro atoms. The number of aromatic nitrogens is 3. The van der Waals surface area contributed by atoms with Gasteiger partial charge >= 0.3 is 5.69 Å². The minimum absolute atomic E-state index is 0.0457. The molecule has 6 nitrogen and oxygen atoms in total. The minimum Gasteiger partial charge on any atom is -0.497 e. The first-order chi connectivity index (χ1) is 14.9. The smallest absolute Gasteiger partial charge is 0.330 e. The third kappa shape index (κ3) is 2.57. The summed E-state index contributed by atoms with van der Waals surface area (Å²) < 4.78 is 10.6. The quantitative estimate of drug-likeness (QED) is 0.651. The highest BCUT2D eigenvalue weighted by molar-refractivity contribution is 5.94. The van der Waals surface area contributed by atoms with Crippen molar-refractivity contribution in [2.75, 3.05) is 7.11 Å². The molecule has 0 radical (unpaired) electrons. The zero-order chi connectivity index (χ0) is 21.5. The lowest BCUT2D eigenvalue weighted by atomic mass is 9.53. The van der Waals surface area contributed by atoms with Gasteiger partial charge in [0.2, 0.25) is 0 Å². The molecule has 2 heterocycles. The lowest BCUT2D eigenvalue weighted by Gasteiger charge is -2.57. The maximum atomic E-state index is 13.4. The summed E-state index contributed by atoms with van der Waals surface area (Å²) in [5.74, 6) is 3.15. The maximum Gasteiger partial charge on any atom is 0.330 e. The Kier molecular flexibility index (Phi) is 3.90. The van der Waals surface area contributed by atoms with E-state index < -0.39 is 0 Å². The molecule has 0 amide bonds. The van der Waals surface area contributed by atoms with Crippen LogP contribution in [0.3, 0.4) is 0 Å². The van der Waals surface area contributed by atoms with Gasteiger partial charge in [0.15, 0.2) is 0 Å². The molecule has 4 aliphatic rings. The first kappa shape index (κ1) is 19.0. The van der Waals surface area contributed by atoms with E-state index in [1.54, 1.807) is 25.8 Å². The number of nitrogens with zero attached hydrogens (tertiary/aromatic N) is 3. The van der Waals surface area contributed by atoms with Crippen LogP contribution in [0.15, 0.2) is 40.1 Å². The Morgan fingerprint density at radius 1 is 0.903 bits per heavy atom. The van der Waals surface area contributed by atoms with Crippen molar-refractivity contribution in [3.05, 3.63) is 51.3 Å². The second-order valence-electron chi connectivity index (χ2n) is 10.2. The number of ether oxygens (including phenoxy) is 1. The van der Waals surface area contributed by atoms with Crippen molar-refractivity contribution < 1.29 is 4.74 Å². The van der Waals surface area contributed by atoms with Gasteiger partial charge in [0.1, 0.15) is 5.75 Å². The molecule has 0 saturated heterocycles. The average Bonchev–Trinajstić information content (AvgIpc) is 3.17. The second-order valence-corrected chi connectivity index (χ2v) is 10.2. The Hall–Kier alpha value is -2.76. The fourth-order valence-electron chi connectivity index (χ4n) is 7.31. The molecule has 3 aromatic rings. The van der Waals surface area contributed by atoms with E-state index in [9.17, 15) is 9.59 Å². The molecule has 4 fully saturated rings. The van der Waals surface area contributed by atoms with Crippen molar-refractivity contribution in [3.8, 4) is 17.0 Å². The Labute approximate surface area is 181 Å². The second kappa shape index (κ2) is 6.38. The number of benzene rings is 1. The van der Waals surface area contributed by atoms with Crippen molar-refractivity contribution in [1.82, 2.24) is 13.7 Å². The van der Waals surface area contributed by atoms with Crippen molar-refractivity contribution in [1.29, 1.82) is 0 Å². The number of fused-ring (bicyclic) bond motifs is 1. The molecule has 4 saturated carbocycles. The highest BCUT2D eigenvalue weighted by atomic mass is 16.5. The standard InChI is InChI=1S/C25H29N3O3/c1-26-20-14-28(25-11-15-8-16(12-25)10-17(9-15)13-25)22(18-4-6-19(31-3)7-5-18)21(20)23(29)27(2)24(26)30/h4-7,14-17H,8-13H2,1-3H3. The molecule has 162 valence electrons. The third-order valence-corrected chi connectivity index (χ3v) is 8.32. The summed E-state index contributed by atoms with van der Waals surface area (Å²) in [6.45, 7) is 0. The van der Waals surface area contributed by atoms with Crippen molar-refractivity contribution in [2.45, 2.75) is 44.1 Å². The number of hydrogen-bond donors (Lipinski definition) is 0. The van der Waals surface area contributed by atoms with E-state index in [0.717, 1.165) is 40.3 Å². The number of aryl methyl sites for hydroxylation is 1. The lowest BCUT2D eigenvalue weighted by molar-refractivity contribution is -0.0419. The van der Waals surface area contributed by atoms with E-state index in [-0.39, 0.29) is 16.8 Å². The summed E-state index contributed by atoms with van der Waals surface area (Å²) in [5, 5.41) is 0.644. The zero-order valence-electron chi connectivity index (χ0n) is 18.4. The van der Waals surface area contributed by atoms with Gasteiger partial charge in [0, 0.05) is 25.8 Å². The van der Waals surface area contributed by atoms with Crippen LogP contribution in [0.2, 0.25) is 0 Å². The maximum absolute atomic E-state index is 13.4. The van der Waals surface area contributed by atoms with Crippen LogP contribution < -0.4 is 16.0 Å². The van der Waals surface area contributed by atoms with Gasteiger partial charge in [0.25, 0.3) is 5.56 Å². The molecule has 2 aromatic heterocycles. The molecule has 4 aliphatic carbocycles. The number of hydrogen-bond acceptors (Lipinski definition) is 3. The molecule has 0 atom stereocenters. The Morgan fingerprint density at radius 2 is 1.48 bits per heavy atom. The highest BCUT2D eigenvalue weighted by Crippen LogP contribution is 2.60. The van der Waals surface area contributed by atoms with Gasteiger partial charge in [-0.25, -0.2) is 4.79 Å². The molecule has 6 heteroatoms. The van der Waals surface area contributed by atoms with E-state index in [1.807, 2.05) is 24.3 Å². The van der Waals surface area contributed by atoms with E-state index in [0.29, 0.717) is 5.39 Å². The van der Waals surface area contributed by atoms with Gasteiger partial charge in [-0.05, 0) is 86.1 Å². The van der Waals surface area contributed by atoms with Crippen LogP contribution in [-0.4, -0.2) is 20.8 Å². The predicted octanol–water partition coefficient (Wildman–Crippen LogP) is 3.64. The Balaban J connectivity index is 1.68. The molecule has 31 heavy (non-hydrogen) atoms. The predicted molar refractivity (Wildman–Crippen MR) is 121 cm³/mol. The fraction of sp³-hybridized carbons (Fsp3) is 0.520. The molecule has 7 rings (SSSR count). The summed E-state index contributed by atoms with van der Waals surface area (Å²) in [4.78, 5) is 26.1. The average molecular weight is 420 g/mol. The fourth-order valence-corrected chi connectivity index (χ4v) is 7.31. The zero-order valence-corrected chi connectivity index (χ0v) is 18.4. The highest BCUT2D eigenvalue weighted by Gasteiger charge is 2.52. The van der Waals surface area contributed by atoms with Crippen molar-refractivity contribution in [2.24, 2.45) is 31.8 Å². The van der Waals surface area contributed by atoms with E-state index in [4.69, 9.17) is 4.74 Å². The number of methoxy groups -OCH3 is 1. The van der Waals surface area contributed by atoms with Crippen LogP contribution in [0.4, 0.5) is 0 Å². The van der Waals surface area contributed by atoms with Crippen molar-refractivity contribution in [3.63, 3.8) is 0 Å². The van der Waals surface area contributed by atoms with Gasteiger partial charge in [-0.2, -0.15) is 0 Å². The van der Waals surface area contributed by atoms with Crippen LogP contribution in [0.5, 0.6) is 5.75 Å². The van der Waals surface area contributed by atoms with E-state index in [1.165, 1.54) is 43.1 Å². The lowest BCUT2D eigenvalue weighted by Crippen LogP contribution is -2.51. The van der Waals surface area contributed by atoms with Gasteiger partial charge in [-0.1, -0.05) is 0 Å². The van der Waals surface area contributed by atoms with Crippen LogP contribution in [0.1, 0.15) is 38.5 Å². The van der Waals surface area contributed by atoms with Gasteiger partial charge in [-0.3, -0.25) is 13.9 Å². The molecule has 1 aromatic carbocycles. The third-order valence-electron chi connectivity index (χ3n) is 8.32. The van der Waals surface area contributed by atoms with Gasteiger partial charge in [0.05, 0.1) is 23.7 Å². The number of rotatable bonds is 3. The first-order valence-corrected chi connectivity index (χ1v) is 11.4. The molecular formula is C25H29N3O3. The summed E-state index contributed by atoms with van der Waals surface area (Å²) in [6, 6.07) is 7.97. The topological polar surface area (TPSA) is 58.2 Å². The minimum atomic E-state index is -0.276. The van der Waals surface area contributed by atoms with Crippen LogP contribution in [0, 0.1) is 17.8 Å². The van der Waals surface area contributed by atoms with Gasteiger partial charge in [-0.15, -0.1) is 0 Å². The summed E-state index contributed by atoms with van der Waals surface area (Å²) in [7, 11) is 5.00. The van der Waals surface area contributed by atoms with Crippen LogP contribution in [-0.2, 0) is 19.6 Å². The molecule has 4 bridgehead atoms. The first-order valence-electron chi connectivity index (χ1n) is 11.4. The monoisotopic (exact) mass is 419 g/mol. The molecule has 0 N–H and O–H groups in total. The van der Waals surface area contributed by atoms with E-state index >= 15 is 0 Å². The largest absolute Gasteiger partial charge is 0.497 e. The van der Waals surface area contributed by atoms with Gasteiger partial charge < -0.3 is 9.30 Å². The van der Waals surface area contributed by atoms with Crippen LogP contribution >= 0.6 is 0 Å². The SMILES string of the molecule is COc1ccc(-c2c3c(=O)n(C)c(=O)n(C)c3cn2C23CC4CC(CC(C4)C2)C3)cc1. The summed E-state index contributed by atoms with van der Waals surface area (Å²) in [5.41, 5.74) is 2.24. The summed E-state index contributed by atoms with van der Waals surface area (Å²) in [6.07, 6.45) is 9.71. The van der Waals surface area contributed by atoms with E-state index in [2.05, 4.69) is 10.8 Å².